The number of carbonyl (C=O) groups excluding carboxylic acids is 1. The van der Waals surface area contributed by atoms with Crippen molar-refractivity contribution in [3.05, 3.63) is 65.7 Å². The number of nitrogen functional groups attached to an aromatic ring is 1. The predicted octanol–water partition coefficient (Wildman–Crippen LogP) is 3.25. The van der Waals surface area contributed by atoms with E-state index in [0.717, 1.165) is 16.7 Å². The zero-order chi connectivity index (χ0) is 22.2. The normalized spacial score (nSPS) is 11.6. The average molecular weight is 416 g/mol. The number of aromatic nitrogens is 5. The van der Waals surface area contributed by atoms with E-state index < -0.39 is 5.54 Å². The summed E-state index contributed by atoms with van der Waals surface area (Å²) in [4.78, 5) is 25.5. The molecule has 1 aromatic carbocycles. The number of benzene rings is 1. The summed E-state index contributed by atoms with van der Waals surface area (Å²) in [6.07, 6.45) is 3.04. The Kier molecular flexibility index (Phi) is 5.14. The maximum absolute atomic E-state index is 12.7. The lowest BCUT2D eigenvalue weighted by Gasteiger charge is -2.26. The number of anilines is 1. The molecule has 8 heteroatoms. The third-order valence-electron chi connectivity index (χ3n) is 5.30. The smallest absolute Gasteiger partial charge is 0.270 e. The molecule has 31 heavy (non-hydrogen) atoms. The number of fused-ring (bicyclic) bond motifs is 1. The highest BCUT2D eigenvalue weighted by Gasteiger charge is 2.28. The molecular formula is C23H25N7O. The first-order valence-electron chi connectivity index (χ1n) is 10.0. The van der Waals surface area contributed by atoms with Crippen LogP contribution >= 0.6 is 0 Å². The number of pyridine rings is 1. The van der Waals surface area contributed by atoms with Gasteiger partial charge in [-0.05, 0) is 39.3 Å². The van der Waals surface area contributed by atoms with E-state index >= 15 is 0 Å². The molecule has 3 N–H and O–H groups in total. The molecule has 0 spiro atoms. The van der Waals surface area contributed by atoms with E-state index in [1.54, 1.807) is 10.9 Å². The Labute approximate surface area is 180 Å². The summed E-state index contributed by atoms with van der Waals surface area (Å²) in [6.45, 7) is 8.20. The van der Waals surface area contributed by atoms with Crippen molar-refractivity contribution in [3.8, 4) is 11.3 Å². The molecule has 4 rings (SSSR count). The zero-order valence-corrected chi connectivity index (χ0v) is 18.0. The first-order chi connectivity index (χ1) is 14.8. The van der Waals surface area contributed by atoms with Gasteiger partial charge in [-0.25, -0.2) is 14.6 Å². The van der Waals surface area contributed by atoms with Crippen LogP contribution in [0.1, 0.15) is 35.5 Å². The molecule has 0 saturated heterocycles. The van der Waals surface area contributed by atoms with Crippen molar-refractivity contribution >= 4 is 22.8 Å². The molecule has 0 bridgehead atoms. The minimum atomic E-state index is -0.583. The first-order valence-corrected chi connectivity index (χ1v) is 10.0. The molecule has 4 aromatic rings. The summed E-state index contributed by atoms with van der Waals surface area (Å²) in [7, 11) is 0. The number of carbonyl (C=O) groups is 1. The predicted molar refractivity (Wildman–Crippen MR) is 121 cm³/mol. The fourth-order valence-corrected chi connectivity index (χ4v) is 3.49. The van der Waals surface area contributed by atoms with Crippen LogP contribution in [0.3, 0.4) is 0 Å². The Balaban J connectivity index is 1.71. The second-order valence-corrected chi connectivity index (χ2v) is 8.25. The summed E-state index contributed by atoms with van der Waals surface area (Å²) in [5.41, 5.74) is 10.3. The van der Waals surface area contributed by atoms with E-state index in [9.17, 15) is 4.79 Å². The van der Waals surface area contributed by atoms with E-state index in [0.29, 0.717) is 34.8 Å². The van der Waals surface area contributed by atoms with Crippen molar-refractivity contribution in [2.75, 3.05) is 12.3 Å². The molecule has 3 heterocycles. The molecule has 0 aliphatic heterocycles. The topological polar surface area (TPSA) is 112 Å². The second kappa shape index (κ2) is 7.79. The van der Waals surface area contributed by atoms with Crippen molar-refractivity contribution in [2.24, 2.45) is 0 Å². The minimum Gasteiger partial charge on any atom is -0.383 e. The quantitative estimate of drug-likeness (QED) is 0.517. The lowest BCUT2D eigenvalue weighted by Crippen LogP contribution is -2.41. The Morgan fingerprint density at radius 1 is 1.10 bits per heavy atom. The maximum atomic E-state index is 12.7. The molecule has 158 valence electrons. The number of amides is 1. The Hall–Kier alpha value is -3.81. The summed E-state index contributed by atoms with van der Waals surface area (Å²) in [5.74, 6) is 0.145. The van der Waals surface area contributed by atoms with Crippen molar-refractivity contribution in [1.29, 1.82) is 0 Å². The summed E-state index contributed by atoms with van der Waals surface area (Å²) < 4.78 is 1.81. The molecule has 1 amide bonds. The third-order valence-corrected chi connectivity index (χ3v) is 5.30. The van der Waals surface area contributed by atoms with Crippen LogP contribution in [0.4, 0.5) is 5.82 Å². The van der Waals surface area contributed by atoms with Crippen molar-refractivity contribution in [2.45, 2.75) is 33.2 Å². The average Bonchev–Trinajstić information content (AvgIpc) is 3.15. The largest absolute Gasteiger partial charge is 0.383 e. The summed E-state index contributed by atoms with van der Waals surface area (Å²) in [5, 5.41) is 8.53. The number of hydrogen-bond donors (Lipinski definition) is 2. The minimum absolute atomic E-state index is 0.226. The number of nitrogens with one attached hydrogen (secondary N) is 1. The fourth-order valence-electron chi connectivity index (χ4n) is 3.49. The van der Waals surface area contributed by atoms with Crippen molar-refractivity contribution in [1.82, 2.24) is 30.0 Å². The standard InChI is InChI=1S/C23H25N7O/c1-14-7-9-16(10-8-14)19-17-20(24)27-13-28-21(17)30(29-19)23(3,4)12-26-22(31)18-15(2)6-5-11-25-18/h5-11,13H,12H2,1-4H3,(H,26,31)(H2,24,27,28). The highest BCUT2D eigenvalue weighted by molar-refractivity contribution is 5.98. The first kappa shape index (κ1) is 20.5. The van der Waals surface area contributed by atoms with Crippen LogP contribution in [0, 0.1) is 13.8 Å². The van der Waals surface area contributed by atoms with Gasteiger partial charge in [0.2, 0.25) is 0 Å². The van der Waals surface area contributed by atoms with E-state index in [-0.39, 0.29) is 5.91 Å². The highest BCUT2D eigenvalue weighted by atomic mass is 16.1. The molecular weight excluding hydrogens is 390 g/mol. The number of nitrogens with two attached hydrogens (primary N) is 1. The van der Waals surface area contributed by atoms with Crippen LogP contribution < -0.4 is 11.1 Å². The number of aryl methyl sites for hydroxylation is 2. The fraction of sp³-hybridized carbons (Fsp3) is 0.261. The van der Waals surface area contributed by atoms with Crippen LogP contribution in [-0.4, -0.2) is 37.2 Å². The summed E-state index contributed by atoms with van der Waals surface area (Å²) >= 11 is 0. The molecule has 3 aromatic heterocycles. The van der Waals surface area contributed by atoms with Crippen LogP contribution in [0.2, 0.25) is 0 Å². The van der Waals surface area contributed by atoms with Gasteiger partial charge in [-0.3, -0.25) is 9.78 Å². The van der Waals surface area contributed by atoms with Crippen LogP contribution in [-0.2, 0) is 5.54 Å². The molecule has 8 nitrogen and oxygen atoms in total. The SMILES string of the molecule is Cc1ccc(-c2nn(C(C)(C)CNC(=O)c3ncccc3C)c3ncnc(N)c23)cc1. The van der Waals surface area contributed by atoms with Gasteiger partial charge in [0.15, 0.2) is 5.65 Å². The maximum Gasteiger partial charge on any atom is 0.270 e. The third kappa shape index (κ3) is 3.84. The van der Waals surface area contributed by atoms with Gasteiger partial charge in [0.1, 0.15) is 23.5 Å². The van der Waals surface area contributed by atoms with Crippen molar-refractivity contribution < 1.29 is 4.79 Å². The van der Waals surface area contributed by atoms with E-state index in [2.05, 4.69) is 20.3 Å². The molecule has 0 aliphatic carbocycles. The molecule has 0 radical (unpaired) electrons. The molecule has 0 saturated carbocycles. The lowest BCUT2D eigenvalue weighted by molar-refractivity contribution is 0.0930. The highest BCUT2D eigenvalue weighted by Crippen LogP contribution is 2.33. The van der Waals surface area contributed by atoms with E-state index in [1.807, 2.05) is 64.1 Å². The lowest BCUT2D eigenvalue weighted by atomic mass is 10.1. The van der Waals surface area contributed by atoms with Gasteiger partial charge >= 0.3 is 0 Å². The number of nitrogens with zero attached hydrogens (tertiary/aromatic N) is 5. The molecule has 0 atom stereocenters. The van der Waals surface area contributed by atoms with Crippen LogP contribution in [0.25, 0.3) is 22.3 Å². The van der Waals surface area contributed by atoms with E-state index in [1.165, 1.54) is 6.33 Å². The van der Waals surface area contributed by atoms with Crippen molar-refractivity contribution in [3.63, 3.8) is 0 Å². The zero-order valence-electron chi connectivity index (χ0n) is 18.0. The number of hydrogen-bond acceptors (Lipinski definition) is 6. The second-order valence-electron chi connectivity index (χ2n) is 8.25. The monoisotopic (exact) mass is 415 g/mol. The van der Waals surface area contributed by atoms with Crippen LogP contribution in [0.15, 0.2) is 48.9 Å². The Morgan fingerprint density at radius 3 is 2.55 bits per heavy atom. The van der Waals surface area contributed by atoms with Gasteiger partial charge in [-0.15, -0.1) is 0 Å². The van der Waals surface area contributed by atoms with Gasteiger partial charge < -0.3 is 11.1 Å². The Morgan fingerprint density at radius 2 is 1.84 bits per heavy atom. The van der Waals surface area contributed by atoms with Gasteiger partial charge in [0.05, 0.1) is 10.9 Å². The van der Waals surface area contributed by atoms with Gasteiger partial charge in [0, 0.05) is 18.3 Å². The summed E-state index contributed by atoms with van der Waals surface area (Å²) in [6, 6.07) is 11.7. The van der Waals surface area contributed by atoms with Gasteiger partial charge in [-0.2, -0.15) is 5.10 Å². The number of rotatable bonds is 5. The molecule has 0 fully saturated rings. The molecule has 0 aliphatic rings. The van der Waals surface area contributed by atoms with E-state index in [4.69, 9.17) is 10.8 Å². The molecule has 0 unspecified atom stereocenters. The van der Waals surface area contributed by atoms with Crippen LogP contribution in [0.5, 0.6) is 0 Å². The van der Waals surface area contributed by atoms with Gasteiger partial charge in [-0.1, -0.05) is 35.9 Å². The Bertz CT molecular complexity index is 1260. The van der Waals surface area contributed by atoms with Gasteiger partial charge in [0.25, 0.3) is 5.91 Å².